The van der Waals surface area contributed by atoms with Crippen LogP contribution in [0.15, 0.2) is 12.1 Å². The Bertz CT molecular complexity index is 617. The summed E-state index contributed by atoms with van der Waals surface area (Å²) >= 11 is 0. The molecule has 8 nitrogen and oxygen atoms in total. The van der Waals surface area contributed by atoms with E-state index in [0.29, 0.717) is 55.5 Å². The third kappa shape index (κ3) is 4.30. The first-order valence-electron chi connectivity index (χ1n) is 8.67. The summed E-state index contributed by atoms with van der Waals surface area (Å²) in [5.41, 5.74) is 0.461. The fourth-order valence-electron chi connectivity index (χ4n) is 2.84. The molecular formula is C18H27N3O5. The summed E-state index contributed by atoms with van der Waals surface area (Å²) in [6.45, 7) is 4.64. The Morgan fingerprint density at radius 2 is 1.50 bits per heavy atom. The highest BCUT2D eigenvalue weighted by atomic mass is 16.5. The number of nitrogens with zero attached hydrogens (tertiary/aromatic N) is 2. The molecule has 0 bridgehead atoms. The predicted octanol–water partition coefficient (Wildman–Crippen LogP) is 1.59. The number of methoxy groups -OCH3 is 3. The molecule has 1 aliphatic heterocycles. The number of carbonyl (C=O) groups excluding carboxylic acids is 2. The molecule has 1 aromatic rings. The number of hydrogen-bond donors (Lipinski definition) is 1. The Balaban J connectivity index is 2.07. The Hall–Kier alpha value is -2.64. The summed E-state index contributed by atoms with van der Waals surface area (Å²) in [6, 6.07) is 3.21. The predicted molar refractivity (Wildman–Crippen MR) is 97.3 cm³/mol. The van der Waals surface area contributed by atoms with Crippen molar-refractivity contribution < 1.29 is 23.8 Å². The van der Waals surface area contributed by atoms with Crippen LogP contribution in [0.1, 0.15) is 23.7 Å². The minimum Gasteiger partial charge on any atom is -0.493 e. The number of amides is 3. The highest BCUT2D eigenvalue weighted by molar-refractivity contribution is 5.96. The lowest BCUT2D eigenvalue weighted by Crippen LogP contribution is -2.53. The Morgan fingerprint density at radius 3 is 1.96 bits per heavy atom. The number of rotatable bonds is 6. The molecule has 0 radical (unpaired) electrons. The van der Waals surface area contributed by atoms with Crippen molar-refractivity contribution in [2.75, 3.05) is 54.1 Å². The first kappa shape index (κ1) is 19.7. The van der Waals surface area contributed by atoms with E-state index in [2.05, 4.69) is 5.32 Å². The highest BCUT2D eigenvalue weighted by Crippen LogP contribution is 2.38. The van der Waals surface area contributed by atoms with Gasteiger partial charge in [-0.25, -0.2) is 4.79 Å². The first-order chi connectivity index (χ1) is 12.5. The van der Waals surface area contributed by atoms with Gasteiger partial charge < -0.3 is 29.3 Å². The number of ether oxygens (including phenoxy) is 3. The molecular weight excluding hydrogens is 338 g/mol. The molecule has 144 valence electrons. The van der Waals surface area contributed by atoms with E-state index in [9.17, 15) is 9.59 Å². The van der Waals surface area contributed by atoms with Gasteiger partial charge in [0, 0.05) is 38.3 Å². The van der Waals surface area contributed by atoms with Gasteiger partial charge in [0.1, 0.15) is 0 Å². The zero-order chi connectivity index (χ0) is 19.1. The van der Waals surface area contributed by atoms with Crippen molar-refractivity contribution in [2.45, 2.75) is 13.3 Å². The van der Waals surface area contributed by atoms with E-state index in [1.807, 2.05) is 6.92 Å². The maximum atomic E-state index is 12.8. The highest BCUT2D eigenvalue weighted by Gasteiger charge is 2.26. The molecule has 0 spiro atoms. The van der Waals surface area contributed by atoms with E-state index in [-0.39, 0.29) is 11.9 Å². The van der Waals surface area contributed by atoms with Crippen molar-refractivity contribution in [3.8, 4) is 17.2 Å². The van der Waals surface area contributed by atoms with Crippen LogP contribution in [-0.4, -0.2) is 75.8 Å². The molecule has 1 heterocycles. The number of urea groups is 1. The average Bonchev–Trinajstić information content (AvgIpc) is 2.70. The second kappa shape index (κ2) is 9.17. The molecule has 1 fully saturated rings. The maximum absolute atomic E-state index is 12.8. The van der Waals surface area contributed by atoms with Crippen LogP contribution in [0.5, 0.6) is 17.2 Å². The maximum Gasteiger partial charge on any atom is 0.317 e. The smallest absolute Gasteiger partial charge is 0.317 e. The zero-order valence-corrected chi connectivity index (χ0v) is 15.8. The van der Waals surface area contributed by atoms with Crippen LogP contribution in [-0.2, 0) is 0 Å². The van der Waals surface area contributed by atoms with Crippen LogP contribution >= 0.6 is 0 Å². The van der Waals surface area contributed by atoms with Crippen molar-refractivity contribution >= 4 is 11.9 Å². The minimum atomic E-state index is -0.127. The number of benzene rings is 1. The van der Waals surface area contributed by atoms with Gasteiger partial charge in [0.05, 0.1) is 21.3 Å². The van der Waals surface area contributed by atoms with Gasteiger partial charge in [-0.3, -0.25) is 4.79 Å². The fourth-order valence-corrected chi connectivity index (χ4v) is 2.84. The van der Waals surface area contributed by atoms with Gasteiger partial charge in [0.15, 0.2) is 11.5 Å². The van der Waals surface area contributed by atoms with Crippen molar-refractivity contribution in [2.24, 2.45) is 0 Å². The first-order valence-corrected chi connectivity index (χ1v) is 8.67. The summed E-state index contributed by atoms with van der Waals surface area (Å²) in [7, 11) is 4.54. The Kier molecular flexibility index (Phi) is 6.94. The second-order valence-electron chi connectivity index (χ2n) is 5.93. The quantitative estimate of drug-likeness (QED) is 0.828. The molecule has 1 aromatic carbocycles. The molecule has 0 aromatic heterocycles. The third-order valence-corrected chi connectivity index (χ3v) is 4.29. The van der Waals surface area contributed by atoms with Crippen LogP contribution in [0.2, 0.25) is 0 Å². The zero-order valence-electron chi connectivity index (χ0n) is 15.8. The SMILES string of the molecule is CCCNC(=O)N1CCN(C(=O)c2cc(OC)c(OC)c(OC)c2)CC1. The van der Waals surface area contributed by atoms with Crippen LogP contribution in [0.3, 0.4) is 0 Å². The van der Waals surface area contributed by atoms with Gasteiger partial charge in [-0.15, -0.1) is 0 Å². The molecule has 1 N–H and O–H groups in total. The average molecular weight is 365 g/mol. The van der Waals surface area contributed by atoms with Gasteiger partial charge in [-0.05, 0) is 18.6 Å². The fraction of sp³-hybridized carbons (Fsp3) is 0.556. The summed E-state index contributed by atoms with van der Waals surface area (Å²) in [4.78, 5) is 28.3. The van der Waals surface area contributed by atoms with E-state index >= 15 is 0 Å². The Labute approximate surface area is 154 Å². The van der Waals surface area contributed by atoms with Gasteiger partial charge >= 0.3 is 6.03 Å². The van der Waals surface area contributed by atoms with E-state index in [4.69, 9.17) is 14.2 Å². The molecule has 26 heavy (non-hydrogen) atoms. The van der Waals surface area contributed by atoms with Crippen molar-refractivity contribution in [1.29, 1.82) is 0 Å². The van der Waals surface area contributed by atoms with Gasteiger partial charge in [0.25, 0.3) is 5.91 Å². The summed E-state index contributed by atoms with van der Waals surface area (Å²) < 4.78 is 15.9. The lowest BCUT2D eigenvalue weighted by atomic mass is 10.1. The summed E-state index contributed by atoms with van der Waals surface area (Å²) in [5, 5.41) is 2.86. The van der Waals surface area contributed by atoms with Crippen LogP contribution in [0, 0.1) is 0 Å². The lowest BCUT2D eigenvalue weighted by Gasteiger charge is -2.34. The third-order valence-electron chi connectivity index (χ3n) is 4.29. The molecule has 0 aliphatic carbocycles. The van der Waals surface area contributed by atoms with Gasteiger partial charge in [-0.2, -0.15) is 0 Å². The summed E-state index contributed by atoms with van der Waals surface area (Å²) in [5.74, 6) is 1.20. The molecule has 0 saturated carbocycles. The molecule has 1 saturated heterocycles. The van der Waals surface area contributed by atoms with Gasteiger partial charge in [-0.1, -0.05) is 6.92 Å². The standard InChI is InChI=1S/C18H27N3O5/c1-5-6-19-18(23)21-9-7-20(8-10-21)17(22)13-11-14(24-2)16(26-4)15(12-13)25-3/h11-12H,5-10H2,1-4H3,(H,19,23). The Morgan fingerprint density at radius 1 is 0.962 bits per heavy atom. The van der Waals surface area contributed by atoms with Crippen LogP contribution in [0.4, 0.5) is 4.79 Å². The summed E-state index contributed by atoms with van der Waals surface area (Å²) in [6.07, 6.45) is 0.894. The lowest BCUT2D eigenvalue weighted by molar-refractivity contribution is 0.0664. The van der Waals surface area contributed by atoms with E-state index in [1.54, 1.807) is 21.9 Å². The van der Waals surface area contributed by atoms with E-state index in [1.165, 1.54) is 21.3 Å². The van der Waals surface area contributed by atoms with Crippen molar-refractivity contribution in [1.82, 2.24) is 15.1 Å². The molecule has 1 aliphatic rings. The number of piperazine rings is 1. The molecule has 2 rings (SSSR count). The topological polar surface area (TPSA) is 80.3 Å². The van der Waals surface area contributed by atoms with Crippen LogP contribution in [0.25, 0.3) is 0 Å². The minimum absolute atomic E-state index is 0.0771. The van der Waals surface area contributed by atoms with Crippen molar-refractivity contribution in [3.63, 3.8) is 0 Å². The second-order valence-corrected chi connectivity index (χ2v) is 5.93. The number of nitrogens with one attached hydrogen (secondary N) is 1. The number of hydrogen-bond acceptors (Lipinski definition) is 5. The van der Waals surface area contributed by atoms with Crippen LogP contribution < -0.4 is 19.5 Å². The normalized spacial score (nSPS) is 14.0. The van der Waals surface area contributed by atoms with E-state index in [0.717, 1.165) is 6.42 Å². The largest absolute Gasteiger partial charge is 0.493 e. The monoisotopic (exact) mass is 365 g/mol. The number of carbonyl (C=O) groups is 2. The molecule has 3 amide bonds. The van der Waals surface area contributed by atoms with E-state index < -0.39 is 0 Å². The van der Waals surface area contributed by atoms with Gasteiger partial charge in [0.2, 0.25) is 5.75 Å². The molecule has 0 unspecified atom stereocenters. The molecule has 8 heteroatoms. The molecule has 0 atom stereocenters. The van der Waals surface area contributed by atoms with Crippen molar-refractivity contribution in [3.05, 3.63) is 17.7 Å².